The average molecular weight is 562 g/mol. The molecule has 1 N–H and O–H groups in total. The molecule has 0 fully saturated rings. The van der Waals surface area contributed by atoms with E-state index in [1.807, 2.05) is 20.8 Å². The van der Waals surface area contributed by atoms with Gasteiger partial charge in [-0.2, -0.15) is 4.79 Å². The van der Waals surface area contributed by atoms with Crippen molar-refractivity contribution in [1.29, 1.82) is 0 Å². The van der Waals surface area contributed by atoms with Crippen LogP contribution in [-0.4, -0.2) is 85.5 Å². The van der Waals surface area contributed by atoms with E-state index in [1.54, 1.807) is 32.9 Å². The van der Waals surface area contributed by atoms with E-state index >= 15 is 0 Å². The second kappa shape index (κ2) is 28.0. The Morgan fingerprint density at radius 1 is 0.853 bits per heavy atom. The van der Waals surface area contributed by atoms with Crippen LogP contribution in [0.2, 0.25) is 0 Å². The molecule has 0 aliphatic heterocycles. The Labute approximate surface area is 227 Å². The van der Waals surface area contributed by atoms with E-state index < -0.39 is 17.2 Å². The van der Waals surface area contributed by atoms with Crippen LogP contribution in [0.5, 0.6) is 0 Å². The molecule has 0 rings (SSSR count). The molecule has 10 nitrogen and oxygen atoms in total. The molecule has 0 unspecified atom stereocenters. The summed E-state index contributed by atoms with van der Waals surface area (Å²) in [5, 5.41) is 8.13. The predicted molar refractivity (Wildman–Crippen MR) is 121 cm³/mol. The number of hydrogen-bond acceptors (Lipinski definition) is 8. The Kier molecular flexibility index (Phi) is 35.4. The number of carbonyl (C=O) groups excluding carboxylic acids is 2. The van der Waals surface area contributed by atoms with Crippen LogP contribution in [0.1, 0.15) is 41.5 Å². The zero-order chi connectivity index (χ0) is 25.5. The number of aliphatic hydroxyl groups excluding tert-OH is 1. The summed E-state index contributed by atoms with van der Waals surface area (Å²) < 4.78 is 24.7. The minimum atomic E-state index is -0.644. The zero-order valence-corrected chi connectivity index (χ0v) is 24.0. The van der Waals surface area contributed by atoms with Gasteiger partial charge in [-0.1, -0.05) is 12.2 Å². The SMILES string of the molecule is C=CCOCCO.C=CCOCCOCC(=O)OC(C)(C)C.CC(C)(C)OC(=O)C=[N+]=[N-].[V].[V]. The van der Waals surface area contributed by atoms with E-state index in [4.69, 9.17) is 34.3 Å². The molecule has 0 aromatic heterocycles. The molecular weight excluding hydrogens is 522 g/mol. The second-order valence-electron chi connectivity index (χ2n) is 7.87. The minimum absolute atomic E-state index is 0. The molecule has 0 spiro atoms. The van der Waals surface area contributed by atoms with Gasteiger partial charge in [-0.3, -0.25) is 0 Å². The van der Waals surface area contributed by atoms with E-state index in [0.717, 1.165) is 0 Å². The second-order valence-corrected chi connectivity index (χ2v) is 7.87. The van der Waals surface area contributed by atoms with Gasteiger partial charge in [0.05, 0.1) is 39.6 Å². The van der Waals surface area contributed by atoms with Crippen molar-refractivity contribution in [3.05, 3.63) is 30.8 Å². The van der Waals surface area contributed by atoms with Crippen LogP contribution in [0.3, 0.4) is 0 Å². The van der Waals surface area contributed by atoms with Gasteiger partial charge < -0.3 is 34.3 Å². The third-order valence-corrected chi connectivity index (χ3v) is 2.29. The van der Waals surface area contributed by atoms with Crippen molar-refractivity contribution in [2.24, 2.45) is 0 Å². The van der Waals surface area contributed by atoms with Gasteiger partial charge in [-0.25, -0.2) is 9.59 Å². The van der Waals surface area contributed by atoms with Gasteiger partial charge >= 0.3 is 18.2 Å². The van der Waals surface area contributed by atoms with Gasteiger partial charge in [0.2, 0.25) is 0 Å². The van der Waals surface area contributed by atoms with Crippen molar-refractivity contribution < 1.29 is 80.3 Å². The number of carbonyl (C=O) groups is 2. The summed E-state index contributed by atoms with van der Waals surface area (Å²) in [5.74, 6) is -0.999. The largest absolute Gasteiger partial charge is 0.458 e. The van der Waals surface area contributed by atoms with Gasteiger partial charge in [0.15, 0.2) is 0 Å². The molecular formula is C22H40N2O8V2. The fourth-order valence-corrected chi connectivity index (χ4v) is 1.42. The number of ether oxygens (including phenoxy) is 5. The number of rotatable bonds is 12. The fraction of sp³-hybridized carbons (Fsp3) is 0.682. The topological polar surface area (TPSA) is 137 Å². The summed E-state index contributed by atoms with van der Waals surface area (Å²) in [5.41, 5.74) is 6.91. The van der Waals surface area contributed by atoms with Crippen molar-refractivity contribution in [2.45, 2.75) is 52.7 Å². The fourth-order valence-electron chi connectivity index (χ4n) is 1.42. The molecule has 0 saturated carbocycles. The van der Waals surface area contributed by atoms with Crippen molar-refractivity contribution >= 4 is 18.2 Å². The maximum Gasteiger partial charge on any atom is 0.414 e. The Hall–Kier alpha value is -1.19. The summed E-state index contributed by atoms with van der Waals surface area (Å²) in [7, 11) is 0. The van der Waals surface area contributed by atoms with Crippen LogP contribution in [0.25, 0.3) is 5.53 Å². The first-order chi connectivity index (χ1) is 14.8. The van der Waals surface area contributed by atoms with E-state index in [2.05, 4.69) is 17.9 Å². The van der Waals surface area contributed by atoms with Crippen LogP contribution >= 0.6 is 0 Å². The quantitative estimate of drug-likeness (QED) is 0.0956. The molecule has 0 heterocycles. The van der Waals surface area contributed by atoms with Crippen LogP contribution in [-0.2, 0) is 70.4 Å². The molecule has 0 aromatic rings. The standard InChI is InChI=1S/C11H20O4.C6H10N2O2.C5H10O2.2V/c1-5-6-13-7-8-14-9-10(12)15-11(2,3)4;1-6(2,3)10-5(9)4-8-7;1-2-4-7-5-3-6;;/h5H,1,6-9H2,2-4H3;4H,1-3H3;2,6H,1,3-5H2;;. The first-order valence-corrected chi connectivity index (χ1v) is 10.0. The first-order valence-electron chi connectivity index (χ1n) is 10.0. The Morgan fingerprint density at radius 3 is 1.68 bits per heavy atom. The molecule has 196 valence electrons. The molecule has 0 aliphatic rings. The zero-order valence-electron chi connectivity index (χ0n) is 21.2. The van der Waals surface area contributed by atoms with Crippen LogP contribution in [0, 0.1) is 0 Å². The summed E-state index contributed by atoms with van der Waals surface area (Å²) in [6.07, 6.45) is 4.02. The minimum Gasteiger partial charge on any atom is -0.458 e. The Balaban J connectivity index is -0.000000129. The third kappa shape index (κ3) is 48.3. The van der Waals surface area contributed by atoms with Crippen molar-refractivity contribution in [3.63, 3.8) is 0 Å². The van der Waals surface area contributed by atoms with Crippen molar-refractivity contribution in [1.82, 2.24) is 0 Å². The summed E-state index contributed by atoms with van der Waals surface area (Å²) >= 11 is 0. The number of aliphatic hydroxyl groups is 1. The van der Waals surface area contributed by atoms with E-state index in [9.17, 15) is 9.59 Å². The molecule has 2 radical (unpaired) electrons. The normalized spacial score (nSPS) is 9.62. The van der Waals surface area contributed by atoms with Gasteiger partial charge in [-0.05, 0) is 41.5 Å². The van der Waals surface area contributed by atoms with Crippen molar-refractivity contribution in [2.75, 3.05) is 46.2 Å². The van der Waals surface area contributed by atoms with Crippen LogP contribution in [0.4, 0.5) is 0 Å². The summed E-state index contributed by atoms with van der Waals surface area (Å²) in [6.45, 7) is 19.9. The maximum atomic E-state index is 11.1. The Morgan fingerprint density at radius 2 is 1.29 bits per heavy atom. The Bertz CT molecular complexity index is 570. The molecule has 34 heavy (non-hydrogen) atoms. The molecule has 0 saturated heterocycles. The number of nitrogens with zero attached hydrogens (tertiary/aromatic N) is 2. The summed E-state index contributed by atoms with van der Waals surface area (Å²) in [6, 6.07) is 0. The number of hydrogen-bond donors (Lipinski definition) is 1. The smallest absolute Gasteiger partial charge is 0.414 e. The molecule has 12 heteroatoms. The molecule has 0 aliphatic carbocycles. The van der Waals surface area contributed by atoms with E-state index in [1.165, 1.54) is 0 Å². The monoisotopic (exact) mass is 562 g/mol. The van der Waals surface area contributed by atoms with E-state index in [0.29, 0.717) is 39.2 Å². The van der Waals surface area contributed by atoms with Crippen LogP contribution in [0.15, 0.2) is 25.3 Å². The third-order valence-electron chi connectivity index (χ3n) is 2.29. The summed E-state index contributed by atoms with van der Waals surface area (Å²) in [4.78, 5) is 24.2. The molecule has 0 aromatic carbocycles. The first kappa shape index (κ1) is 42.9. The van der Waals surface area contributed by atoms with E-state index in [-0.39, 0.29) is 56.3 Å². The van der Waals surface area contributed by atoms with Crippen molar-refractivity contribution in [3.8, 4) is 0 Å². The predicted octanol–water partition coefficient (Wildman–Crippen LogP) is 2.35. The van der Waals surface area contributed by atoms with Gasteiger partial charge in [0.25, 0.3) is 0 Å². The van der Waals surface area contributed by atoms with Gasteiger partial charge in [-0.15, -0.1) is 13.2 Å². The molecule has 0 atom stereocenters. The average Bonchev–Trinajstić information content (AvgIpc) is 2.63. The molecule has 0 amide bonds. The van der Waals surface area contributed by atoms with Gasteiger partial charge in [0, 0.05) is 37.1 Å². The van der Waals surface area contributed by atoms with Crippen LogP contribution < -0.4 is 0 Å². The number of esters is 2. The molecule has 0 bridgehead atoms. The maximum absolute atomic E-state index is 11.1. The van der Waals surface area contributed by atoms with Gasteiger partial charge in [0.1, 0.15) is 17.8 Å².